The van der Waals surface area contributed by atoms with E-state index in [0.717, 1.165) is 11.3 Å². The number of rotatable bonds is 3. The van der Waals surface area contributed by atoms with Crippen molar-refractivity contribution >= 4 is 5.82 Å². The molecule has 0 radical (unpaired) electrons. The van der Waals surface area contributed by atoms with Gasteiger partial charge in [-0.15, -0.1) is 0 Å². The molecule has 0 aliphatic carbocycles. The van der Waals surface area contributed by atoms with Crippen molar-refractivity contribution in [3.05, 3.63) is 54.2 Å². The number of hydrogen-bond acceptors (Lipinski definition) is 4. The van der Waals surface area contributed by atoms with Crippen molar-refractivity contribution in [1.82, 2.24) is 19.7 Å². The van der Waals surface area contributed by atoms with Gasteiger partial charge in [0.05, 0.1) is 23.1 Å². The lowest BCUT2D eigenvalue weighted by Gasteiger charge is -2.05. The molecule has 6 heteroatoms. The van der Waals surface area contributed by atoms with Gasteiger partial charge in [0.25, 0.3) is 0 Å². The lowest BCUT2D eigenvalue weighted by molar-refractivity contribution is 0.607. The zero-order valence-electron chi connectivity index (χ0n) is 11.7. The fourth-order valence-corrected chi connectivity index (χ4v) is 2.01. The van der Waals surface area contributed by atoms with Gasteiger partial charge in [-0.3, -0.25) is 0 Å². The number of benzene rings is 1. The van der Waals surface area contributed by atoms with Crippen LogP contribution in [0.2, 0.25) is 0 Å². The number of nitrogens with zero attached hydrogens (tertiary/aromatic N) is 4. The summed E-state index contributed by atoms with van der Waals surface area (Å²) in [7, 11) is 1.63. The van der Waals surface area contributed by atoms with Gasteiger partial charge in [0.1, 0.15) is 0 Å². The van der Waals surface area contributed by atoms with Crippen LogP contribution in [0.25, 0.3) is 17.1 Å². The first-order chi connectivity index (χ1) is 10.2. The van der Waals surface area contributed by atoms with E-state index in [-0.39, 0.29) is 5.82 Å². The molecule has 0 amide bonds. The molecule has 0 fully saturated rings. The summed E-state index contributed by atoms with van der Waals surface area (Å²) in [5.74, 6) is 0.196. The number of aromatic nitrogens is 4. The predicted molar refractivity (Wildman–Crippen MR) is 78.8 cm³/mol. The Morgan fingerprint density at radius 2 is 1.90 bits per heavy atom. The molecule has 0 aliphatic rings. The zero-order chi connectivity index (χ0) is 14.8. The quantitative estimate of drug-likeness (QED) is 0.803. The van der Waals surface area contributed by atoms with E-state index in [4.69, 9.17) is 0 Å². The van der Waals surface area contributed by atoms with Crippen molar-refractivity contribution in [2.24, 2.45) is 0 Å². The summed E-state index contributed by atoms with van der Waals surface area (Å²) in [6, 6.07) is 9.72. The Balaban J connectivity index is 2.03. The maximum Gasteiger partial charge on any atom is 0.186 e. The molecule has 3 aromatic rings. The fourth-order valence-electron chi connectivity index (χ4n) is 2.01. The summed E-state index contributed by atoms with van der Waals surface area (Å²) in [5.41, 5.74) is 1.98. The highest BCUT2D eigenvalue weighted by atomic mass is 19.1. The number of anilines is 1. The van der Waals surface area contributed by atoms with E-state index in [1.165, 1.54) is 0 Å². The van der Waals surface area contributed by atoms with E-state index in [0.29, 0.717) is 11.5 Å². The van der Waals surface area contributed by atoms with E-state index in [1.54, 1.807) is 24.9 Å². The zero-order valence-corrected chi connectivity index (χ0v) is 11.7. The highest BCUT2D eigenvalue weighted by molar-refractivity contribution is 5.56. The second-order valence-electron chi connectivity index (χ2n) is 4.55. The maximum atomic E-state index is 13.8. The predicted octanol–water partition coefficient (Wildman–Crippen LogP) is 2.82. The van der Waals surface area contributed by atoms with Gasteiger partial charge < -0.3 is 5.32 Å². The van der Waals surface area contributed by atoms with Crippen LogP contribution in [0.1, 0.15) is 5.69 Å². The third-order valence-electron chi connectivity index (χ3n) is 3.12. The molecular weight excluding hydrogens is 269 g/mol. The number of para-hydroxylation sites is 1. The second kappa shape index (κ2) is 5.32. The van der Waals surface area contributed by atoms with E-state index >= 15 is 0 Å². The molecule has 1 aromatic carbocycles. The van der Waals surface area contributed by atoms with Crippen LogP contribution in [-0.2, 0) is 0 Å². The molecule has 0 atom stereocenters. The summed E-state index contributed by atoms with van der Waals surface area (Å²) >= 11 is 0. The number of aryl methyl sites for hydroxylation is 1. The fraction of sp³-hybridized carbons (Fsp3) is 0.133. The average Bonchev–Trinajstić information content (AvgIpc) is 3.00. The van der Waals surface area contributed by atoms with Crippen molar-refractivity contribution < 1.29 is 4.39 Å². The summed E-state index contributed by atoms with van der Waals surface area (Å²) in [5, 5.41) is 7.02. The Morgan fingerprint density at radius 3 is 2.62 bits per heavy atom. The molecular formula is C15H14FN5. The van der Waals surface area contributed by atoms with Crippen LogP contribution in [0.15, 0.2) is 42.7 Å². The van der Waals surface area contributed by atoms with Gasteiger partial charge in [0.15, 0.2) is 17.5 Å². The minimum absolute atomic E-state index is 0.185. The van der Waals surface area contributed by atoms with Crippen LogP contribution in [0.3, 0.4) is 0 Å². The molecule has 0 saturated carbocycles. The molecule has 0 bridgehead atoms. The number of nitrogens with one attached hydrogen (secondary N) is 1. The van der Waals surface area contributed by atoms with E-state index in [1.807, 2.05) is 36.5 Å². The molecule has 3 rings (SSSR count). The third kappa shape index (κ3) is 2.47. The van der Waals surface area contributed by atoms with Gasteiger partial charge in [-0.2, -0.15) is 5.10 Å². The van der Waals surface area contributed by atoms with Crippen LogP contribution < -0.4 is 5.32 Å². The van der Waals surface area contributed by atoms with Gasteiger partial charge in [0, 0.05) is 13.2 Å². The topological polar surface area (TPSA) is 55.6 Å². The van der Waals surface area contributed by atoms with Gasteiger partial charge >= 0.3 is 0 Å². The summed E-state index contributed by atoms with van der Waals surface area (Å²) in [6.45, 7) is 1.61. The minimum atomic E-state index is -0.434. The van der Waals surface area contributed by atoms with Crippen LogP contribution in [0.4, 0.5) is 10.2 Å². The molecule has 2 heterocycles. The maximum absolute atomic E-state index is 13.8. The molecule has 106 valence electrons. The van der Waals surface area contributed by atoms with Gasteiger partial charge in [0.2, 0.25) is 0 Å². The molecule has 0 aliphatic heterocycles. The summed E-state index contributed by atoms with van der Waals surface area (Å²) in [4.78, 5) is 8.36. The normalized spacial score (nSPS) is 10.6. The summed E-state index contributed by atoms with van der Waals surface area (Å²) < 4.78 is 15.5. The van der Waals surface area contributed by atoms with Crippen LogP contribution in [0.5, 0.6) is 0 Å². The van der Waals surface area contributed by atoms with Crippen LogP contribution in [-0.4, -0.2) is 26.8 Å². The second-order valence-corrected chi connectivity index (χ2v) is 4.55. The molecule has 21 heavy (non-hydrogen) atoms. The third-order valence-corrected chi connectivity index (χ3v) is 3.12. The average molecular weight is 283 g/mol. The van der Waals surface area contributed by atoms with E-state index in [9.17, 15) is 4.39 Å². The van der Waals surface area contributed by atoms with Crippen molar-refractivity contribution in [1.29, 1.82) is 0 Å². The molecule has 0 saturated heterocycles. The largest absolute Gasteiger partial charge is 0.371 e. The first-order valence-corrected chi connectivity index (χ1v) is 6.51. The first kappa shape index (κ1) is 13.2. The summed E-state index contributed by atoms with van der Waals surface area (Å²) in [6.07, 6.45) is 3.49. The molecule has 1 N–H and O–H groups in total. The van der Waals surface area contributed by atoms with E-state index in [2.05, 4.69) is 20.4 Å². The van der Waals surface area contributed by atoms with Gasteiger partial charge in [-0.05, 0) is 19.1 Å². The Morgan fingerprint density at radius 1 is 1.14 bits per heavy atom. The smallest absolute Gasteiger partial charge is 0.186 e. The Kier molecular flexibility index (Phi) is 3.35. The Hall–Kier alpha value is -2.76. The SMILES string of the molecule is CNc1nc(-c2cnn(-c3ccccc3)c2)nc(C)c1F. The molecule has 2 aromatic heterocycles. The number of halogens is 1. The van der Waals surface area contributed by atoms with Crippen molar-refractivity contribution in [2.75, 3.05) is 12.4 Å². The van der Waals surface area contributed by atoms with Crippen molar-refractivity contribution in [2.45, 2.75) is 6.92 Å². The molecule has 5 nitrogen and oxygen atoms in total. The van der Waals surface area contributed by atoms with Gasteiger partial charge in [-0.1, -0.05) is 18.2 Å². The standard InChI is InChI=1S/C15H14FN5/c1-10-13(16)15(17-2)20-14(19-10)11-8-18-21(9-11)12-6-4-3-5-7-12/h3-9H,1-2H3,(H,17,19,20). The Bertz CT molecular complexity index is 767. The Labute approximate surface area is 121 Å². The van der Waals surface area contributed by atoms with Gasteiger partial charge in [-0.25, -0.2) is 19.0 Å². The van der Waals surface area contributed by atoms with E-state index < -0.39 is 5.82 Å². The van der Waals surface area contributed by atoms with Crippen molar-refractivity contribution in [3.8, 4) is 17.1 Å². The van der Waals surface area contributed by atoms with Crippen LogP contribution in [0, 0.1) is 12.7 Å². The molecule has 0 spiro atoms. The lowest BCUT2D eigenvalue weighted by Crippen LogP contribution is -2.03. The lowest BCUT2D eigenvalue weighted by atomic mass is 10.3. The molecule has 0 unspecified atom stereocenters. The monoisotopic (exact) mass is 283 g/mol. The van der Waals surface area contributed by atoms with Crippen LogP contribution >= 0.6 is 0 Å². The minimum Gasteiger partial charge on any atom is -0.371 e. The highest BCUT2D eigenvalue weighted by Gasteiger charge is 2.13. The van der Waals surface area contributed by atoms with Crippen molar-refractivity contribution in [3.63, 3.8) is 0 Å². The first-order valence-electron chi connectivity index (χ1n) is 6.51. The highest BCUT2D eigenvalue weighted by Crippen LogP contribution is 2.21. The number of hydrogen-bond donors (Lipinski definition) is 1.